The lowest BCUT2D eigenvalue weighted by atomic mass is 10.1. The fourth-order valence-electron chi connectivity index (χ4n) is 4.20. The number of benzene rings is 2. The van der Waals surface area contributed by atoms with Crippen LogP contribution >= 0.6 is 0 Å². The molecule has 0 bridgehead atoms. The normalized spacial score (nSPS) is 14.8. The number of methoxy groups -OCH3 is 2. The fraction of sp³-hybridized carbons (Fsp3) is 0.320. The molecule has 1 amide bonds. The second kappa shape index (κ2) is 9.26. The molecule has 0 saturated carbocycles. The van der Waals surface area contributed by atoms with E-state index in [2.05, 4.69) is 18.1 Å². The second-order valence-electron chi connectivity index (χ2n) is 7.90. The van der Waals surface area contributed by atoms with Crippen LogP contribution in [-0.2, 0) is 17.8 Å². The molecular formula is C25H27N3O4. The molecule has 1 aliphatic heterocycles. The highest BCUT2D eigenvalue weighted by Crippen LogP contribution is 2.33. The molecule has 7 heteroatoms. The van der Waals surface area contributed by atoms with Gasteiger partial charge in [-0.05, 0) is 55.7 Å². The van der Waals surface area contributed by atoms with Crippen LogP contribution in [0.1, 0.15) is 25.3 Å². The van der Waals surface area contributed by atoms with E-state index < -0.39 is 0 Å². The van der Waals surface area contributed by atoms with E-state index in [0.29, 0.717) is 36.6 Å². The first-order valence-electron chi connectivity index (χ1n) is 10.7. The molecule has 0 aliphatic carbocycles. The van der Waals surface area contributed by atoms with Crippen LogP contribution in [0.15, 0.2) is 59.4 Å². The number of fused-ring (bicyclic) bond motifs is 1. The van der Waals surface area contributed by atoms with Crippen molar-refractivity contribution in [2.75, 3.05) is 19.1 Å². The Bertz CT molecular complexity index is 1190. The highest BCUT2D eigenvalue weighted by atomic mass is 16.5. The number of aryl methyl sites for hydroxylation is 1. The zero-order valence-electron chi connectivity index (χ0n) is 18.6. The Morgan fingerprint density at radius 3 is 2.62 bits per heavy atom. The summed E-state index contributed by atoms with van der Waals surface area (Å²) < 4.78 is 12.1. The van der Waals surface area contributed by atoms with Gasteiger partial charge in [0.25, 0.3) is 5.56 Å². The van der Waals surface area contributed by atoms with Crippen molar-refractivity contribution in [3.8, 4) is 22.8 Å². The minimum atomic E-state index is -0.193. The minimum Gasteiger partial charge on any atom is -0.493 e. The van der Waals surface area contributed by atoms with Gasteiger partial charge in [0.1, 0.15) is 0 Å². The van der Waals surface area contributed by atoms with Crippen LogP contribution < -0.4 is 19.9 Å². The van der Waals surface area contributed by atoms with E-state index in [1.54, 1.807) is 26.4 Å². The molecule has 3 aromatic rings. The average molecular weight is 434 g/mol. The van der Waals surface area contributed by atoms with Crippen LogP contribution in [0.4, 0.5) is 5.69 Å². The highest BCUT2D eigenvalue weighted by molar-refractivity contribution is 5.96. The lowest BCUT2D eigenvalue weighted by molar-refractivity contribution is -0.119. The Labute approximate surface area is 187 Å². The molecule has 1 aromatic heterocycles. The quantitative estimate of drug-likeness (QED) is 0.568. The summed E-state index contributed by atoms with van der Waals surface area (Å²) in [4.78, 5) is 27.1. The van der Waals surface area contributed by atoms with E-state index in [1.807, 2.05) is 35.2 Å². The lowest BCUT2D eigenvalue weighted by Gasteiger charge is -2.22. The van der Waals surface area contributed by atoms with Crippen molar-refractivity contribution in [3.05, 3.63) is 70.5 Å². The van der Waals surface area contributed by atoms with E-state index in [9.17, 15) is 9.59 Å². The molecule has 2 aromatic carbocycles. The van der Waals surface area contributed by atoms with Gasteiger partial charge in [-0.1, -0.05) is 18.2 Å². The van der Waals surface area contributed by atoms with Gasteiger partial charge in [-0.3, -0.25) is 9.59 Å². The molecule has 0 N–H and O–H groups in total. The zero-order valence-corrected chi connectivity index (χ0v) is 18.6. The maximum absolute atomic E-state index is 12.9. The molecule has 7 nitrogen and oxygen atoms in total. The van der Waals surface area contributed by atoms with Crippen molar-refractivity contribution in [1.82, 2.24) is 9.78 Å². The molecule has 0 saturated heterocycles. The van der Waals surface area contributed by atoms with E-state index in [0.717, 1.165) is 17.7 Å². The van der Waals surface area contributed by atoms with E-state index in [1.165, 1.54) is 16.3 Å². The minimum absolute atomic E-state index is 0.0755. The number of anilines is 1. The summed E-state index contributed by atoms with van der Waals surface area (Å²) in [6, 6.07) is 16.9. The maximum Gasteiger partial charge on any atom is 0.266 e. The number of rotatable bonds is 7. The summed E-state index contributed by atoms with van der Waals surface area (Å²) in [5.74, 6) is 1.29. The Hall–Kier alpha value is -3.61. The van der Waals surface area contributed by atoms with Crippen molar-refractivity contribution in [2.24, 2.45) is 0 Å². The predicted molar refractivity (Wildman–Crippen MR) is 123 cm³/mol. The van der Waals surface area contributed by atoms with Gasteiger partial charge in [0, 0.05) is 36.3 Å². The largest absolute Gasteiger partial charge is 0.493 e. The molecule has 32 heavy (non-hydrogen) atoms. The SMILES string of the molecule is COc1ccc(-c2ccc(=O)n(CCCC(=O)N3c4ccccc4C[C@@H]3C)n2)cc1OC. The van der Waals surface area contributed by atoms with Gasteiger partial charge in [0.15, 0.2) is 11.5 Å². The molecular weight excluding hydrogens is 406 g/mol. The van der Waals surface area contributed by atoms with Crippen molar-refractivity contribution in [2.45, 2.75) is 38.8 Å². The number of hydrogen-bond donors (Lipinski definition) is 0. The van der Waals surface area contributed by atoms with Crippen LogP contribution in [0, 0.1) is 0 Å². The summed E-state index contributed by atoms with van der Waals surface area (Å²) in [6.07, 6.45) is 1.76. The third-order valence-electron chi connectivity index (χ3n) is 5.78. The van der Waals surface area contributed by atoms with Gasteiger partial charge in [0.2, 0.25) is 5.91 Å². The maximum atomic E-state index is 12.9. The highest BCUT2D eigenvalue weighted by Gasteiger charge is 2.29. The molecule has 0 fully saturated rings. The number of amides is 1. The lowest BCUT2D eigenvalue weighted by Crippen LogP contribution is -2.35. The number of ether oxygens (including phenoxy) is 2. The number of carbonyl (C=O) groups is 1. The Morgan fingerprint density at radius 2 is 1.84 bits per heavy atom. The third-order valence-corrected chi connectivity index (χ3v) is 5.78. The summed E-state index contributed by atoms with van der Waals surface area (Å²) in [6.45, 7) is 2.44. The fourth-order valence-corrected chi connectivity index (χ4v) is 4.20. The van der Waals surface area contributed by atoms with Crippen LogP contribution in [0.5, 0.6) is 11.5 Å². The van der Waals surface area contributed by atoms with Crippen molar-refractivity contribution < 1.29 is 14.3 Å². The van der Waals surface area contributed by atoms with Gasteiger partial charge in [-0.2, -0.15) is 5.10 Å². The number of para-hydroxylation sites is 1. The molecule has 4 rings (SSSR count). The predicted octanol–water partition coefficient (Wildman–Crippen LogP) is 3.69. The van der Waals surface area contributed by atoms with Crippen LogP contribution in [-0.4, -0.2) is 35.9 Å². The van der Waals surface area contributed by atoms with Crippen LogP contribution in [0.3, 0.4) is 0 Å². The van der Waals surface area contributed by atoms with Gasteiger partial charge < -0.3 is 14.4 Å². The van der Waals surface area contributed by atoms with E-state index >= 15 is 0 Å². The standard InChI is InChI=1S/C25H27N3O4/c1-17-15-19-7-4-5-8-21(19)28(17)25(30)9-6-14-27-24(29)13-11-20(26-27)18-10-12-22(31-2)23(16-18)32-3/h4-5,7-8,10-13,16-17H,6,9,14-15H2,1-3H3/t17-/m0/s1. The van der Waals surface area contributed by atoms with Crippen molar-refractivity contribution in [3.63, 3.8) is 0 Å². The smallest absolute Gasteiger partial charge is 0.266 e. The van der Waals surface area contributed by atoms with Crippen LogP contribution in [0.25, 0.3) is 11.3 Å². The molecule has 0 spiro atoms. The molecule has 2 heterocycles. The molecule has 0 unspecified atom stereocenters. The van der Waals surface area contributed by atoms with Gasteiger partial charge in [0.05, 0.1) is 19.9 Å². The summed E-state index contributed by atoms with van der Waals surface area (Å²) >= 11 is 0. The third kappa shape index (κ3) is 4.23. The van der Waals surface area contributed by atoms with E-state index in [-0.39, 0.29) is 17.5 Å². The number of aromatic nitrogens is 2. The summed E-state index contributed by atoms with van der Waals surface area (Å²) in [7, 11) is 3.16. The first-order valence-corrected chi connectivity index (χ1v) is 10.7. The number of carbonyl (C=O) groups excluding carboxylic acids is 1. The number of nitrogens with zero attached hydrogens (tertiary/aromatic N) is 3. The van der Waals surface area contributed by atoms with Gasteiger partial charge in [-0.25, -0.2) is 4.68 Å². The second-order valence-corrected chi connectivity index (χ2v) is 7.90. The van der Waals surface area contributed by atoms with E-state index in [4.69, 9.17) is 9.47 Å². The molecule has 1 atom stereocenters. The average Bonchev–Trinajstić information content (AvgIpc) is 3.15. The summed E-state index contributed by atoms with van der Waals surface area (Å²) in [5.41, 5.74) is 3.47. The topological polar surface area (TPSA) is 73.7 Å². The monoisotopic (exact) mass is 433 g/mol. The van der Waals surface area contributed by atoms with Gasteiger partial charge in [-0.15, -0.1) is 0 Å². The van der Waals surface area contributed by atoms with Crippen molar-refractivity contribution >= 4 is 11.6 Å². The number of hydrogen-bond acceptors (Lipinski definition) is 5. The molecule has 0 radical (unpaired) electrons. The first-order chi connectivity index (χ1) is 15.5. The molecule has 1 aliphatic rings. The Kier molecular flexibility index (Phi) is 6.25. The Balaban J connectivity index is 1.45. The summed E-state index contributed by atoms with van der Waals surface area (Å²) in [5, 5.41) is 4.50. The Morgan fingerprint density at radius 1 is 1.06 bits per heavy atom. The van der Waals surface area contributed by atoms with Gasteiger partial charge >= 0.3 is 0 Å². The van der Waals surface area contributed by atoms with Crippen molar-refractivity contribution in [1.29, 1.82) is 0 Å². The van der Waals surface area contributed by atoms with Crippen LogP contribution in [0.2, 0.25) is 0 Å². The zero-order chi connectivity index (χ0) is 22.7. The first kappa shape index (κ1) is 21.6. The molecule has 166 valence electrons.